The number of rotatable bonds is 6. The Hall–Kier alpha value is -2.19. The number of carbonyl (C=O) groups is 1. The summed E-state index contributed by atoms with van der Waals surface area (Å²) in [4.78, 5) is 15.1. The molecule has 25 heavy (non-hydrogen) atoms. The van der Waals surface area contributed by atoms with Crippen molar-refractivity contribution < 1.29 is 36.2 Å². The maximum Gasteiger partial charge on any atom is 0.433 e. The Bertz CT molecular complexity index is 681. The minimum atomic E-state index is -4.97. The highest BCUT2D eigenvalue weighted by Crippen LogP contribution is 2.41. The lowest BCUT2D eigenvalue weighted by atomic mass is 9.93. The summed E-state index contributed by atoms with van der Waals surface area (Å²) in [5.74, 6) is -1.11. The van der Waals surface area contributed by atoms with Gasteiger partial charge in [0, 0.05) is 5.56 Å². The van der Waals surface area contributed by atoms with E-state index in [2.05, 4.69) is 14.5 Å². The molecule has 4 nitrogen and oxygen atoms in total. The first-order chi connectivity index (χ1) is 11.7. The third-order valence-corrected chi connectivity index (χ3v) is 3.80. The van der Waals surface area contributed by atoms with Gasteiger partial charge in [0.15, 0.2) is 5.69 Å². The van der Waals surface area contributed by atoms with Gasteiger partial charge >= 0.3 is 12.1 Å². The van der Waals surface area contributed by atoms with E-state index in [0.717, 1.165) is 32.3 Å². The molecule has 1 aliphatic rings. The quantitative estimate of drug-likeness (QED) is 0.426. The van der Waals surface area contributed by atoms with E-state index in [9.17, 15) is 26.7 Å². The topological polar surface area (TPSA) is 48.4 Å². The van der Waals surface area contributed by atoms with Crippen molar-refractivity contribution in [2.45, 2.75) is 31.9 Å². The average Bonchev–Trinajstić information content (AvgIpc) is 3.34. The molecule has 1 aliphatic carbocycles. The van der Waals surface area contributed by atoms with Crippen LogP contribution in [0.5, 0.6) is 0 Å². The first-order valence-corrected chi connectivity index (χ1v) is 7.40. The Kier molecular flexibility index (Phi) is 5.64. The van der Waals surface area contributed by atoms with E-state index in [1.807, 2.05) is 0 Å². The lowest BCUT2D eigenvalue weighted by molar-refractivity contribution is -0.141. The zero-order chi connectivity index (χ0) is 18.8. The Morgan fingerprint density at radius 1 is 1.32 bits per heavy atom. The van der Waals surface area contributed by atoms with Crippen molar-refractivity contribution in [3.05, 3.63) is 34.3 Å². The largest absolute Gasteiger partial charge is 0.504 e. The zero-order valence-corrected chi connectivity index (χ0v) is 13.5. The fourth-order valence-corrected chi connectivity index (χ4v) is 2.51. The van der Waals surface area contributed by atoms with Gasteiger partial charge in [-0.2, -0.15) is 13.2 Å². The molecule has 0 bridgehead atoms. The van der Waals surface area contributed by atoms with Gasteiger partial charge in [0.2, 0.25) is 0 Å². The summed E-state index contributed by atoms with van der Waals surface area (Å²) < 4.78 is 75.9. The Morgan fingerprint density at radius 3 is 2.40 bits per heavy atom. The van der Waals surface area contributed by atoms with Crippen molar-refractivity contribution in [3.8, 4) is 0 Å². The summed E-state index contributed by atoms with van der Waals surface area (Å²) in [6.45, 7) is 0. The molecular weight excluding hydrogens is 349 g/mol. The maximum absolute atomic E-state index is 13.4. The van der Waals surface area contributed by atoms with Crippen LogP contribution in [-0.2, 0) is 22.1 Å². The number of alkyl halides is 5. The first kappa shape index (κ1) is 19.1. The maximum atomic E-state index is 13.4. The SMILES string of the molecule is COC=Cc1c(C(F)(F)F)nc(C(F)F)c(C(=O)OC)c1CC1CC1. The second-order valence-corrected chi connectivity index (χ2v) is 5.59. The van der Waals surface area contributed by atoms with Crippen LogP contribution in [0.4, 0.5) is 22.0 Å². The molecule has 1 heterocycles. The number of nitrogens with zero attached hydrogens (tertiary/aromatic N) is 1. The van der Waals surface area contributed by atoms with Gasteiger partial charge in [0.25, 0.3) is 6.43 Å². The third kappa shape index (κ3) is 4.26. The number of hydrogen-bond acceptors (Lipinski definition) is 4. The molecule has 1 saturated carbocycles. The van der Waals surface area contributed by atoms with Crippen LogP contribution in [0.25, 0.3) is 6.08 Å². The normalized spacial score (nSPS) is 15.0. The molecule has 0 atom stereocenters. The van der Waals surface area contributed by atoms with Gasteiger partial charge in [0.1, 0.15) is 5.69 Å². The molecule has 0 amide bonds. The fraction of sp³-hybridized carbons (Fsp3) is 0.500. The van der Waals surface area contributed by atoms with Crippen LogP contribution >= 0.6 is 0 Å². The summed E-state index contributed by atoms with van der Waals surface area (Å²) in [6.07, 6.45) is -4.80. The molecule has 2 rings (SSSR count). The van der Waals surface area contributed by atoms with E-state index in [1.165, 1.54) is 7.11 Å². The number of carbonyl (C=O) groups excluding carboxylic acids is 1. The molecule has 0 radical (unpaired) electrons. The zero-order valence-electron chi connectivity index (χ0n) is 13.5. The summed E-state index contributed by atoms with van der Waals surface area (Å²) in [7, 11) is 2.20. The smallest absolute Gasteiger partial charge is 0.433 e. The van der Waals surface area contributed by atoms with E-state index < -0.39 is 41.1 Å². The third-order valence-electron chi connectivity index (χ3n) is 3.80. The number of aromatic nitrogens is 1. The molecule has 0 aromatic carbocycles. The monoisotopic (exact) mass is 365 g/mol. The molecule has 138 valence electrons. The average molecular weight is 365 g/mol. The molecule has 9 heteroatoms. The predicted octanol–water partition coefficient (Wildman–Crippen LogP) is 4.39. The molecule has 0 unspecified atom stereocenters. The molecule has 0 saturated heterocycles. The summed E-state index contributed by atoms with van der Waals surface area (Å²) in [5.41, 5.74) is -3.89. The lowest BCUT2D eigenvalue weighted by Crippen LogP contribution is -2.21. The van der Waals surface area contributed by atoms with Gasteiger partial charge in [-0.05, 0) is 36.8 Å². The van der Waals surface area contributed by atoms with Crippen molar-refractivity contribution in [2.75, 3.05) is 14.2 Å². The second kappa shape index (κ2) is 7.37. The van der Waals surface area contributed by atoms with Crippen molar-refractivity contribution in [1.82, 2.24) is 4.98 Å². The Morgan fingerprint density at radius 2 is 1.96 bits per heavy atom. The van der Waals surface area contributed by atoms with Gasteiger partial charge in [-0.1, -0.05) is 0 Å². The molecule has 0 N–H and O–H groups in total. The summed E-state index contributed by atoms with van der Waals surface area (Å²) in [5, 5.41) is 0. The van der Waals surface area contributed by atoms with Crippen LogP contribution in [-0.4, -0.2) is 25.2 Å². The van der Waals surface area contributed by atoms with Crippen molar-refractivity contribution in [1.29, 1.82) is 0 Å². The summed E-state index contributed by atoms with van der Waals surface area (Å²) >= 11 is 0. The molecule has 0 spiro atoms. The number of ether oxygens (including phenoxy) is 2. The Labute approximate surface area is 140 Å². The molecular formula is C16H16F5NO3. The van der Waals surface area contributed by atoms with Gasteiger partial charge in [0.05, 0.1) is 26.0 Å². The Balaban J connectivity index is 2.83. The van der Waals surface area contributed by atoms with Crippen LogP contribution in [0.3, 0.4) is 0 Å². The molecule has 0 aliphatic heterocycles. The van der Waals surface area contributed by atoms with Crippen LogP contribution in [0.1, 0.15) is 52.1 Å². The van der Waals surface area contributed by atoms with Crippen molar-refractivity contribution in [2.24, 2.45) is 5.92 Å². The van der Waals surface area contributed by atoms with Crippen LogP contribution in [0, 0.1) is 5.92 Å². The van der Waals surface area contributed by atoms with Gasteiger partial charge in [-0.25, -0.2) is 18.6 Å². The van der Waals surface area contributed by atoms with E-state index in [4.69, 9.17) is 0 Å². The predicted molar refractivity (Wildman–Crippen MR) is 78.0 cm³/mol. The van der Waals surface area contributed by atoms with E-state index in [-0.39, 0.29) is 17.9 Å². The highest BCUT2D eigenvalue weighted by Gasteiger charge is 2.41. The van der Waals surface area contributed by atoms with Crippen LogP contribution in [0.2, 0.25) is 0 Å². The van der Waals surface area contributed by atoms with Gasteiger partial charge in [-0.3, -0.25) is 0 Å². The van der Waals surface area contributed by atoms with Crippen LogP contribution in [0.15, 0.2) is 6.26 Å². The number of methoxy groups -OCH3 is 2. The van der Waals surface area contributed by atoms with E-state index in [1.54, 1.807) is 0 Å². The minimum absolute atomic E-state index is 0.0344. The highest BCUT2D eigenvalue weighted by atomic mass is 19.4. The molecule has 1 aromatic rings. The molecule has 1 fully saturated rings. The standard InChI is InChI=1S/C16H16F5NO3/c1-24-6-5-9-10(7-8-3-4-8)11(15(23)25-2)12(14(17)18)22-13(9)16(19,20)21/h5-6,8,14H,3-4,7H2,1-2H3. The number of halogens is 5. The number of pyridine rings is 1. The molecule has 1 aromatic heterocycles. The first-order valence-electron chi connectivity index (χ1n) is 7.40. The van der Waals surface area contributed by atoms with Gasteiger partial charge in [-0.15, -0.1) is 0 Å². The minimum Gasteiger partial charge on any atom is -0.504 e. The van der Waals surface area contributed by atoms with Gasteiger partial charge < -0.3 is 9.47 Å². The van der Waals surface area contributed by atoms with E-state index >= 15 is 0 Å². The fourth-order valence-electron chi connectivity index (χ4n) is 2.51. The van der Waals surface area contributed by atoms with E-state index in [0.29, 0.717) is 0 Å². The number of hydrogen-bond donors (Lipinski definition) is 0. The van der Waals surface area contributed by atoms with Crippen LogP contribution < -0.4 is 0 Å². The summed E-state index contributed by atoms with van der Waals surface area (Å²) in [6, 6.07) is 0. The highest BCUT2D eigenvalue weighted by molar-refractivity contribution is 5.93. The second-order valence-electron chi connectivity index (χ2n) is 5.59. The van der Waals surface area contributed by atoms with Crippen molar-refractivity contribution >= 4 is 12.0 Å². The number of esters is 1. The lowest BCUT2D eigenvalue weighted by Gasteiger charge is -2.19. The van der Waals surface area contributed by atoms with Crippen molar-refractivity contribution in [3.63, 3.8) is 0 Å².